The molecule has 0 bridgehead atoms. The second-order valence-corrected chi connectivity index (χ2v) is 6.87. The highest BCUT2D eigenvalue weighted by atomic mass is 16.5. The van der Waals surface area contributed by atoms with Crippen molar-refractivity contribution in [2.45, 2.75) is 39.5 Å². The van der Waals surface area contributed by atoms with Gasteiger partial charge in [0.25, 0.3) is 0 Å². The van der Waals surface area contributed by atoms with Gasteiger partial charge >= 0.3 is 5.97 Å². The predicted octanol–water partition coefficient (Wildman–Crippen LogP) is 3.41. The van der Waals surface area contributed by atoms with E-state index < -0.39 is 0 Å². The molecule has 0 aliphatic heterocycles. The van der Waals surface area contributed by atoms with Crippen LogP contribution in [-0.2, 0) is 14.3 Å². The van der Waals surface area contributed by atoms with Crippen LogP contribution in [0.5, 0.6) is 0 Å². The van der Waals surface area contributed by atoms with E-state index in [1.54, 1.807) is 0 Å². The summed E-state index contributed by atoms with van der Waals surface area (Å²) in [7, 11) is 1.40. The Morgan fingerprint density at radius 1 is 1.15 bits per heavy atom. The Labute approximate surface area is 153 Å². The lowest BCUT2D eigenvalue weighted by Gasteiger charge is -2.26. The number of benzene rings is 1. The molecule has 1 aliphatic rings. The Bertz CT molecular complexity index is 798. The van der Waals surface area contributed by atoms with Gasteiger partial charge in [0, 0.05) is 5.92 Å². The van der Waals surface area contributed by atoms with Crippen molar-refractivity contribution in [1.82, 2.24) is 9.78 Å². The molecule has 6 nitrogen and oxygen atoms in total. The van der Waals surface area contributed by atoms with Crippen molar-refractivity contribution < 1.29 is 14.3 Å². The molecule has 2 atom stereocenters. The summed E-state index contributed by atoms with van der Waals surface area (Å²) in [6, 6.07) is 9.83. The number of esters is 1. The van der Waals surface area contributed by atoms with Gasteiger partial charge in [-0.1, -0.05) is 24.6 Å². The zero-order chi connectivity index (χ0) is 18.7. The number of aryl methyl sites for hydroxylation is 1. The number of anilines is 1. The van der Waals surface area contributed by atoms with Crippen molar-refractivity contribution in [2.24, 2.45) is 11.8 Å². The molecule has 6 heteroatoms. The van der Waals surface area contributed by atoms with E-state index in [9.17, 15) is 9.59 Å². The van der Waals surface area contributed by atoms with Gasteiger partial charge in [0.2, 0.25) is 5.91 Å². The Hall–Kier alpha value is -2.63. The zero-order valence-corrected chi connectivity index (χ0v) is 15.5. The fourth-order valence-corrected chi connectivity index (χ4v) is 3.68. The highest BCUT2D eigenvalue weighted by Crippen LogP contribution is 2.31. The summed E-state index contributed by atoms with van der Waals surface area (Å²) in [5.41, 5.74) is 3.37. The molecule has 26 heavy (non-hydrogen) atoms. The maximum Gasteiger partial charge on any atom is 0.308 e. The van der Waals surface area contributed by atoms with Crippen LogP contribution in [0.2, 0.25) is 0 Å². The van der Waals surface area contributed by atoms with Gasteiger partial charge in [-0.2, -0.15) is 5.10 Å². The topological polar surface area (TPSA) is 73.2 Å². The van der Waals surface area contributed by atoms with Crippen LogP contribution >= 0.6 is 0 Å². The van der Waals surface area contributed by atoms with Crippen LogP contribution in [0.15, 0.2) is 30.3 Å². The molecular weight excluding hydrogens is 330 g/mol. The number of methoxy groups -OCH3 is 1. The molecule has 0 radical (unpaired) electrons. The van der Waals surface area contributed by atoms with Crippen LogP contribution in [0.1, 0.15) is 37.1 Å². The number of hydrogen-bond donors (Lipinski definition) is 1. The summed E-state index contributed by atoms with van der Waals surface area (Å²) in [4.78, 5) is 24.6. The third kappa shape index (κ3) is 3.64. The molecule has 1 amide bonds. The number of carbonyl (C=O) groups is 2. The third-order valence-electron chi connectivity index (χ3n) is 5.12. The number of nitrogens with one attached hydrogen (secondary N) is 1. The lowest BCUT2D eigenvalue weighted by atomic mass is 9.81. The maximum absolute atomic E-state index is 12.8. The van der Waals surface area contributed by atoms with Crippen molar-refractivity contribution in [3.63, 3.8) is 0 Å². The monoisotopic (exact) mass is 355 g/mol. The summed E-state index contributed by atoms with van der Waals surface area (Å²) >= 11 is 0. The molecule has 1 fully saturated rings. The first-order valence-corrected chi connectivity index (χ1v) is 9.01. The molecule has 138 valence electrons. The van der Waals surface area contributed by atoms with Gasteiger partial charge in [0.05, 0.1) is 35.8 Å². The van der Waals surface area contributed by atoms with Crippen molar-refractivity contribution in [1.29, 1.82) is 0 Å². The second-order valence-electron chi connectivity index (χ2n) is 6.87. The number of ether oxygens (including phenoxy) is 1. The molecule has 1 aliphatic carbocycles. The summed E-state index contributed by atoms with van der Waals surface area (Å²) in [6.45, 7) is 3.83. The largest absolute Gasteiger partial charge is 0.469 e. The van der Waals surface area contributed by atoms with Crippen LogP contribution in [0.3, 0.4) is 0 Å². The minimum atomic E-state index is -0.216. The van der Waals surface area contributed by atoms with E-state index >= 15 is 0 Å². The first kappa shape index (κ1) is 18.2. The Balaban J connectivity index is 1.76. The fourth-order valence-electron chi connectivity index (χ4n) is 3.68. The van der Waals surface area contributed by atoms with E-state index in [1.165, 1.54) is 7.11 Å². The molecule has 1 saturated carbocycles. The average molecular weight is 355 g/mol. The normalized spacial score (nSPS) is 19.8. The molecule has 1 aromatic heterocycles. The smallest absolute Gasteiger partial charge is 0.308 e. The number of nitrogens with zero attached hydrogens (tertiary/aromatic N) is 2. The summed E-state index contributed by atoms with van der Waals surface area (Å²) < 4.78 is 6.68. The van der Waals surface area contributed by atoms with E-state index in [1.807, 2.05) is 48.9 Å². The Morgan fingerprint density at radius 3 is 2.54 bits per heavy atom. The molecule has 0 spiro atoms. The molecule has 0 unspecified atom stereocenters. The molecule has 1 aromatic carbocycles. The van der Waals surface area contributed by atoms with Gasteiger partial charge in [-0.3, -0.25) is 9.59 Å². The van der Waals surface area contributed by atoms with Crippen molar-refractivity contribution in [3.05, 3.63) is 41.7 Å². The van der Waals surface area contributed by atoms with E-state index in [0.717, 1.165) is 42.0 Å². The minimum Gasteiger partial charge on any atom is -0.469 e. The van der Waals surface area contributed by atoms with Crippen LogP contribution in [0.4, 0.5) is 5.69 Å². The van der Waals surface area contributed by atoms with Gasteiger partial charge in [0.15, 0.2) is 0 Å². The molecule has 2 aromatic rings. The Kier molecular flexibility index (Phi) is 5.40. The van der Waals surface area contributed by atoms with Crippen LogP contribution in [0.25, 0.3) is 5.69 Å². The third-order valence-corrected chi connectivity index (χ3v) is 5.12. The zero-order valence-electron chi connectivity index (χ0n) is 15.5. The maximum atomic E-state index is 12.8. The van der Waals surface area contributed by atoms with E-state index in [2.05, 4.69) is 10.4 Å². The number of aromatic nitrogens is 2. The molecular formula is C20H25N3O3. The highest BCUT2D eigenvalue weighted by Gasteiger charge is 2.32. The first-order chi connectivity index (χ1) is 12.5. The van der Waals surface area contributed by atoms with Crippen molar-refractivity contribution in [3.8, 4) is 5.69 Å². The van der Waals surface area contributed by atoms with Crippen LogP contribution in [0, 0.1) is 25.7 Å². The van der Waals surface area contributed by atoms with Gasteiger partial charge in [0.1, 0.15) is 0 Å². The minimum absolute atomic E-state index is 0.0441. The highest BCUT2D eigenvalue weighted by molar-refractivity contribution is 5.94. The molecule has 3 rings (SSSR count). The SMILES string of the molecule is COC(=O)[C@@H]1CCC[C@H](C(=O)Nc2c(C)nn(-c3ccccc3)c2C)C1. The van der Waals surface area contributed by atoms with Gasteiger partial charge in [-0.05, 0) is 45.2 Å². The average Bonchev–Trinajstić information content (AvgIpc) is 2.96. The molecule has 1 heterocycles. The number of rotatable bonds is 4. The second kappa shape index (κ2) is 7.72. The summed E-state index contributed by atoms with van der Waals surface area (Å²) in [5, 5.41) is 7.60. The first-order valence-electron chi connectivity index (χ1n) is 9.01. The molecule has 0 saturated heterocycles. The van der Waals surface area contributed by atoms with Gasteiger partial charge in [-0.25, -0.2) is 4.68 Å². The van der Waals surface area contributed by atoms with E-state index in [-0.39, 0.29) is 23.7 Å². The van der Waals surface area contributed by atoms with Gasteiger partial charge in [-0.15, -0.1) is 0 Å². The van der Waals surface area contributed by atoms with E-state index in [0.29, 0.717) is 6.42 Å². The van der Waals surface area contributed by atoms with E-state index in [4.69, 9.17) is 4.74 Å². The summed E-state index contributed by atoms with van der Waals surface area (Å²) in [5.74, 6) is -0.616. The van der Waals surface area contributed by atoms with Crippen molar-refractivity contribution >= 4 is 17.6 Å². The standard InChI is InChI=1S/C20H25N3O3/c1-13-18(14(2)23(22-13)17-10-5-4-6-11-17)21-19(24)15-8-7-9-16(12-15)20(25)26-3/h4-6,10-11,15-16H,7-9,12H2,1-3H3,(H,21,24)/t15-,16+/m0/s1. The lowest BCUT2D eigenvalue weighted by Crippen LogP contribution is -2.31. The number of amides is 1. The number of para-hydroxylation sites is 1. The number of hydrogen-bond acceptors (Lipinski definition) is 4. The quantitative estimate of drug-likeness (QED) is 0.853. The van der Waals surface area contributed by atoms with Crippen LogP contribution < -0.4 is 5.32 Å². The van der Waals surface area contributed by atoms with Crippen molar-refractivity contribution in [2.75, 3.05) is 12.4 Å². The lowest BCUT2D eigenvalue weighted by molar-refractivity contribution is -0.147. The summed E-state index contributed by atoms with van der Waals surface area (Å²) in [6.07, 6.45) is 2.99. The number of carbonyl (C=O) groups excluding carboxylic acids is 2. The fraction of sp³-hybridized carbons (Fsp3) is 0.450. The predicted molar refractivity (Wildman–Crippen MR) is 99.1 cm³/mol. The molecule has 1 N–H and O–H groups in total. The Morgan fingerprint density at radius 2 is 1.85 bits per heavy atom. The van der Waals surface area contributed by atoms with Gasteiger partial charge < -0.3 is 10.1 Å². The van der Waals surface area contributed by atoms with Crippen LogP contribution in [-0.4, -0.2) is 28.8 Å².